The number of aromatic nitrogens is 4. The van der Waals surface area contributed by atoms with E-state index in [0.717, 1.165) is 17.4 Å². The van der Waals surface area contributed by atoms with Gasteiger partial charge in [0.25, 0.3) is 0 Å². The maximum atomic E-state index is 5.42. The molecule has 3 N–H and O–H groups in total. The number of nitrogens with one attached hydrogen (secondary N) is 1. The number of hydrazine groups is 1. The van der Waals surface area contributed by atoms with Crippen LogP contribution in [-0.4, -0.2) is 33.0 Å². The van der Waals surface area contributed by atoms with Crippen LogP contribution in [0, 0.1) is 0 Å². The zero-order valence-electron chi connectivity index (χ0n) is 10.1. The molecule has 0 amide bonds. The molecule has 100 valence electrons. The van der Waals surface area contributed by atoms with Crippen LogP contribution in [-0.2, 0) is 0 Å². The molecule has 1 aliphatic rings. The molecule has 1 saturated heterocycles. The Labute approximate surface area is 118 Å². The van der Waals surface area contributed by atoms with Crippen molar-refractivity contribution in [3.05, 3.63) is 11.6 Å². The van der Waals surface area contributed by atoms with E-state index in [0.29, 0.717) is 17.1 Å². The summed E-state index contributed by atoms with van der Waals surface area (Å²) in [7, 11) is 0. The third kappa shape index (κ3) is 2.94. The second kappa shape index (κ2) is 5.68. The Morgan fingerprint density at radius 3 is 2.79 bits per heavy atom. The van der Waals surface area contributed by atoms with Gasteiger partial charge in [0, 0.05) is 24.7 Å². The quantitative estimate of drug-likeness (QED) is 0.645. The van der Waals surface area contributed by atoms with E-state index < -0.39 is 0 Å². The SMILES string of the molecule is NNc1nc(Sc2nccs2)nc(N2CCCC2)n1. The largest absolute Gasteiger partial charge is 0.341 e. The van der Waals surface area contributed by atoms with Crippen LogP contribution in [0.2, 0.25) is 0 Å². The zero-order valence-corrected chi connectivity index (χ0v) is 11.7. The molecule has 1 aliphatic heterocycles. The summed E-state index contributed by atoms with van der Waals surface area (Å²) in [6, 6.07) is 0. The summed E-state index contributed by atoms with van der Waals surface area (Å²) < 4.78 is 0.904. The lowest BCUT2D eigenvalue weighted by Gasteiger charge is -2.15. The molecule has 0 spiro atoms. The van der Waals surface area contributed by atoms with Crippen molar-refractivity contribution in [2.75, 3.05) is 23.4 Å². The lowest BCUT2D eigenvalue weighted by atomic mass is 10.4. The van der Waals surface area contributed by atoms with Crippen molar-refractivity contribution in [2.45, 2.75) is 22.3 Å². The molecule has 1 fully saturated rings. The molecule has 0 radical (unpaired) electrons. The van der Waals surface area contributed by atoms with Crippen molar-refractivity contribution in [3.63, 3.8) is 0 Å². The summed E-state index contributed by atoms with van der Waals surface area (Å²) in [5.41, 5.74) is 2.49. The molecule has 7 nitrogen and oxygen atoms in total. The summed E-state index contributed by atoms with van der Waals surface area (Å²) >= 11 is 2.98. The number of nitrogens with two attached hydrogens (primary N) is 1. The standard InChI is InChI=1S/C10H13N7S2/c11-16-7-13-8(17-4-1-2-5-17)15-9(14-7)19-10-12-3-6-18-10/h3,6H,1-2,4-5,11H2,(H,13,14,15,16). The van der Waals surface area contributed by atoms with Crippen LogP contribution < -0.4 is 16.2 Å². The lowest BCUT2D eigenvalue weighted by Crippen LogP contribution is -2.22. The average Bonchev–Trinajstić information content (AvgIpc) is 3.11. The first-order valence-corrected chi connectivity index (χ1v) is 7.60. The van der Waals surface area contributed by atoms with Crippen LogP contribution in [0.4, 0.5) is 11.9 Å². The Morgan fingerprint density at radius 2 is 2.11 bits per heavy atom. The normalized spacial score (nSPS) is 14.9. The van der Waals surface area contributed by atoms with Crippen molar-refractivity contribution in [1.82, 2.24) is 19.9 Å². The topological polar surface area (TPSA) is 92.8 Å². The van der Waals surface area contributed by atoms with Crippen LogP contribution in [0.3, 0.4) is 0 Å². The predicted molar refractivity (Wildman–Crippen MR) is 75.3 cm³/mol. The van der Waals surface area contributed by atoms with E-state index in [-0.39, 0.29) is 0 Å². The van der Waals surface area contributed by atoms with Gasteiger partial charge in [0.15, 0.2) is 4.34 Å². The number of nitrogens with zero attached hydrogens (tertiary/aromatic N) is 5. The van der Waals surface area contributed by atoms with E-state index in [9.17, 15) is 0 Å². The fourth-order valence-electron chi connectivity index (χ4n) is 1.85. The van der Waals surface area contributed by atoms with E-state index in [1.54, 1.807) is 17.5 Å². The highest BCUT2D eigenvalue weighted by atomic mass is 32.2. The van der Waals surface area contributed by atoms with E-state index in [2.05, 4.69) is 30.3 Å². The third-order valence-electron chi connectivity index (χ3n) is 2.71. The molecule has 19 heavy (non-hydrogen) atoms. The molecule has 9 heteroatoms. The van der Waals surface area contributed by atoms with E-state index >= 15 is 0 Å². The van der Waals surface area contributed by atoms with Crippen LogP contribution in [0.1, 0.15) is 12.8 Å². The zero-order chi connectivity index (χ0) is 13.1. The minimum absolute atomic E-state index is 0.385. The van der Waals surface area contributed by atoms with Crippen LogP contribution >= 0.6 is 23.1 Å². The average molecular weight is 295 g/mol. The monoisotopic (exact) mass is 295 g/mol. The van der Waals surface area contributed by atoms with Gasteiger partial charge in [0.05, 0.1) is 0 Å². The lowest BCUT2D eigenvalue weighted by molar-refractivity contribution is 0.827. The second-order valence-electron chi connectivity index (χ2n) is 3.98. The van der Waals surface area contributed by atoms with Crippen molar-refractivity contribution in [2.24, 2.45) is 5.84 Å². The molecule has 0 bridgehead atoms. The minimum Gasteiger partial charge on any atom is -0.341 e. The number of nitrogen functional groups attached to an aromatic ring is 1. The van der Waals surface area contributed by atoms with Gasteiger partial charge in [-0.3, -0.25) is 5.43 Å². The van der Waals surface area contributed by atoms with Gasteiger partial charge < -0.3 is 4.90 Å². The Kier molecular flexibility index (Phi) is 3.76. The van der Waals surface area contributed by atoms with Crippen LogP contribution in [0.15, 0.2) is 21.1 Å². The van der Waals surface area contributed by atoms with Crippen molar-refractivity contribution in [3.8, 4) is 0 Å². The van der Waals surface area contributed by atoms with E-state index in [1.807, 2.05) is 5.38 Å². The summed E-state index contributed by atoms with van der Waals surface area (Å²) in [5, 5.41) is 2.53. The van der Waals surface area contributed by atoms with Crippen molar-refractivity contribution in [1.29, 1.82) is 0 Å². The number of hydrogen-bond acceptors (Lipinski definition) is 9. The highest BCUT2D eigenvalue weighted by Crippen LogP contribution is 2.28. The van der Waals surface area contributed by atoms with Gasteiger partial charge in [-0.05, 0) is 24.6 Å². The Balaban J connectivity index is 1.88. The maximum absolute atomic E-state index is 5.42. The third-order valence-corrected chi connectivity index (χ3v) is 4.46. The minimum atomic E-state index is 0.385. The molecular weight excluding hydrogens is 282 g/mol. The van der Waals surface area contributed by atoms with Crippen LogP contribution in [0.25, 0.3) is 0 Å². The maximum Gasteiger partial charge on any atom is 0.242 e. The fourth-order valence-corrected chi connectivity index (χ4v) is 3.33. The highest BCUT2D eigenvalue weighted by molar-refractivity contribution is 8.00. The van der Waals surface area contributed by atoms with Gasteiger partial charge in [-0.25, -0.2) is 10.8 Å². The molecule has 0 aliphatic carbocycles. The van der Waals surface area contributed by atoms with Crippen molar-refractivity contribution >= 4 is 35.0 Å². The van der Waals surface area contributed by atoms with Gasteiger partial charge in [0.2, 0.25) is 17.1 Å². The Bertz CT molecular complexity index is 539. The first kappa shape index (κ1) is 12.6. The molecule has 3 heterocycles. The van der Waals surface area contributed by atoms with E-state index in [1.165, 1.54) is 24.6 Å². The molecule has 2 aromatic heterocycles. The summed E-state index contributed by atoms with van der Waals surface area (Å²) in [6.45, 7) is 1.96. The molecule has 2 aromatic rings. The number of hydrogen-bond donors (Lipinski definition) is 2. The van der Waals surface area contributed by atoms with Gasteiger partial charge in [-0.2, -0.15) is 15.0 Å². The van der Waals surface area contributed by atoms with Gasteiger partial charge >= 0.3 is 0 Å². The van der Waals surface area contributed by atoms with Gasteiger partial charge in [0.1, 0.15) is 0 Å². The molecule has 0 saturated carbocycles. The fraction of sp³-hybridized carbons (Fsp3) is 0.400. The summed E-state index contributed by atoms with van der Waals surface area (Å²) in [6.07, 6.45) is 4.11. The number of thiazole rings is 1. The first-order valence-electron chi connectivity index (χ1n) is 5.90. The van der Waals surface area contributed by atoms with Crippen molar-refractivity contribution < 1.29 is 0 Å². The highest BCUT2D eigenvalue weighted by Gasteiger charge is 2.17. The number of anilines is 2. The van der Waals surface area contributed by atoms with Crippen LogP contribution in [0.5, 0.6) is 0 Å². The molecule has 3 rings (SSSR count). The smallest absolute Gasteiger partial charge is 0.242 e. The van der Waals surface area contributed by atoms with Gasteiger partial charge in [-0.15, -0.1) is 11.3 Å². The molecular formula is C10H13N7S2. The summed E-state index contributed by atoms with van der Waals surface area (Å²) in [5.74, 6) is 6.48. The predicted octanol–water partition coefficient (Wildman–Crippen LogP) is 1.37. The second-order valence-corrected chi connectivity index (χ2v) is 6.09. The number of rotatable bonds is 4. The van der Waals surface area contributed by atoms with Gasteiger partial charge in [-0.1, -0.05) is 0 Å². The molecule has 0 aromatic carbocycles. The Hall–Kier alpha value is -1.45. The van der Waals surface area contributed by atoms with E-state index in [4.69, 9.17) is 5.84 Å². The molecule has 0 atom stereocenters. The first-order chi connectivity index (χ1) is 9.35. The summed E-state index contributed by atoms with van der Waals surface area (Å²) in [4.78, 5) is 19.4. The Morgan fingerprint density at radius 1 is 1.26 bits per heavy atom. The molecule has 0 unspecified atom stereocenters.